The Morgan fingerprint density at radius 3 is 2.55 bits per heavy atom. The fourth-order valence-corrected chi connectivity index (χ4v) is 3.40. The van der Waals surface area contributed by atoms with Crippen LogP contribution in [0.4, 0.5) is 0 Å². The van der Waals surface area contributed by atoms with Crippen molar-refractivity contribution in [3.05, 3.63) is 66.5 Å². The van der Waals surface area contributed by atoms with Crippen molar-refractivity contribution < 1.29 is 14.3 Å². The highest BCUT2D eigenvalue weighted by atomic mass is 16.5. The van der Waals surface area contributed by atoms with Crippen LogP contribution in [-0.2, 0) is 17.8 Å². The van der Waals surface area contributed by atoms with Gasteiger partial charge < -0.3 is 19.4 Å². The number of para-hydroxylation sites is 2. The van der Waals surface area contributed by atoms with E-state index in [0.717, 1.165) is 60.6 Å². The van der Waals surface area contributed by atoms with Gasteiger partial charge >= 0.3 is 0 Å². The summed E-state index contributed by atoms with van der Waals surface area (Å²) in [6, 6.07) is 15.9. The Labute approximate surface area is 183 Å². The number of unbranched alkanes of at least 4 members (excludes halogenated alkanes) is 1. The summed E-state index contributed by atoms with van der Waals surface area (Å²) >= 11 is 0. The highest BCUT2D eigenvalue weighted by molar-refractivity contribution is 5.92. The van der Waals surface area contributed by atoms with Crippen molar-refractivity contribution in [2.75, 3.05) is 20.3 Å². The van der Waals surface area contributed by atoms with Crippen LogP contribution in [0.15, 0.2) is 60.7 Å². The zero-order valence-electron chi connectivity index (χ0n) is 18.4. The Bertz CT molecular complexity index is 1010. The minimum absolute atomic E-state index is 0.0923. The van der Waals surface area contributed by atoms with Crippen LogP contribution in [-0.4, -0.2) is 35.7 Å². The Balaban J connectivity index is 1.51. The van der Waals surface area contributed by atoms with Gasteiger partial charge in [-0.05, 0) is 62.6 Å². The molecule has 1 N–H and O–H groups in total. The molecule has 6 heteroatoms. The molecule has 0 unspecified atom stereocenters. The van der Waals surface area contributed by atoms with Gasteiger partial charge in [0.05, 0.1) is 24.8 Å². The summed E-state index contributed by atoms with van der Waals surface area (Å²) in [6.45, 7) is 7.55. The molecule has 164 valence electrons. The number of imidazole rings is 1. The molecule has 0 radical (unpaired) electrons. The molecule has 3 aromatic rings. The summed E-state index contributed by atoms with van der Waals surface area (Å²) in [4.78, 5) is 16.5. The van der Waals surface area contributed by atoms with E-state index in [1.54, 1.807) is 14.0 Å². The lowest BCUT2D eigenvalue weighted by Gasteiger charge is -2.11. The van der Waals surface area contributed by atoms with Gasteiger partial charge in [0.1, 0.15) is 17.3 Å². The average Bonchev–Trinajstić information content (AvgIpc) is 3.14. The first-order chi connectivity index (χ1) is 15.1. The van der Waals surface area contributed by atoms with E-state index in [1.165, 1.54) is 0 Å². The van der Waals surface area contributed by atoms with Crippen LogP contribution in [0.2, 0.25) is 0 Å². The normalized spacial score (nSPS) is 10.8. The molecule has 3 rings (SSSR count). The van der Waals surface area contributed by atoms with Crippen LogP contribution in [0.1, 0.15) is 32.0 Å². The van der Waals surface area contributed by atoms with Gasteiger partial charge in [-0.1, -0.05) is 18.7 Å². The van der Waals surface area contributed by atoms with Crippen molar-refractivity contribution in [3.63, 3.8) is 0 Å². The molecule has 0 saturated carbocycles. The van der Waals surface area contributed by atoms with Crippen LogP contribution >= 0.6 is 0 Å². The second-order valence-corrected chi connectivity index (χ2v) is 7.54. The molecule has 1 aromatic heterocycles. The maximum Gasteiger partial charge on any atom is 0.246 e. The molecule has 0 fully saturated rings. The first-order valence-electron chi connectivity index (χ1n) is 10.7. The summed E-state index contributed by atoms with van der Waals surface area (Å²) in [7, 11) is 1.65. The number of nitrogens with zero attached hydrogens (tertiary/aromatic N) is 2. The topological polar surface area (TPSA) is 65.4 Å². The summed E-state index contributed by atoms with van der Waals surface area (Å²) in [6.07, 6.45) is 3.60. The van der Waals surface area contributed by atoms with Crippen LogP contribution in [0.25, 0.3) is 11.0 Å². The molecule has 0 bridgehead atoms. The first-order valence-corrected chi connectivity index (χ1v) is 10.7. The summed E-state index contributed by atoms with van der Waals surface area (Å²) in [5.74, 6) is 2.64. The number of benzene rings is 2. The third kappa shape index (κ3) is 6.35. The lowest BCUT2D eigenvalue weighted by molar-refractivity contribution is -0.117. The number of hydrogen-bond donors (Lipinski definition) is 1. The van der Waals surface area contributed by atoms with Crippen molar-refractivity contribution in [1.82, 2.24) is 14.9 Å². The standard InChI is InChI=1S/C25H31N3O3/c1-19(2)25(29)26-16-8-11-24-27-22-9-4-5-10-23(22)28(24)17-6-7-18-31-21-14-12-20(30-3)13-15-21/h4-5,9-10,12-15H,1,6-8,11,16-18H2,2-3H3,(H,26,29). The number of amides is 1. The molecular weight excluding hydrogens is 390 g/mol. The lowest BCUT2D eigenvalue weighted by atomic mass is 10.2. The number of nitrogens with one attached hydrogen (secondary N) is 1. The predicted molar refractivity (Wildman–Crippen MR) is 124 cm³/mol. The van der Waals surface area contributed by atoms with Gasteiger partial charge in [-0.3, -0.25) is 4.79 Å². The van der Waals surface area contributed by atoms with Crippen molar-refractivity contribution in [3.8, 4) is 11.5 Å². The molecule has 31 heavy (non-hydrogen) atoms. The number of ether oxygens (including phenoxy) is 2. The maximum absolute atomic E-state index is 11.6. The quantitative estimate of drug-likeness (QED) is 0.345. The van der Waals surface area contributed by atoms with Crippen molar-refractivity contribution in [2.45, 2.75) is 39.2 Å². The molecule has 1 heterocycles. The molecule has 0 aliphatic rings. The minimum Gasteiger partial charge on any atom is -0.497 e. The number of rotatable bonds is 12. The summed E-state index contributed by atoms with van der Waals surface area (Å²) < 4.78 is 13.3. The van der Waals surface area contributed by atoms with Crippen molar-refractivity contribution in [1.29, 1.82) is 0 Å². The zero-order valence-corrected chi connectivity index (χ0v) is 18.4. The van der Waals surface area contributed by atoms with Crippen molar-refractivity contribution >= 4 is 16.9 Å². The zero-order chi connectivity index (χ0) is 22.1. The predicted octanol–water partition coefficient (Wildman–Crippen LogP) is 4.53. The van der Waals surface area contributed by atoms with Gasteiger partial charge in [0, 0.05) is 25.1 Å². The molecule has 2 aromatic carbocycles. The Morgan fingerprint density at radius 1 is 1.06 bits per heavy atom. The molecule has 0 spiro atoms. The second kappa shape index (κ2) is 11.2. The SMILES string of the molecule is C=C(C)C(=O)NCCCc1nc2ccccc2n1CCCCOc1ccc(OC)cc1. The van der Waals surface area contributed by atoms with Gasteiger partial charge in [-0.2, -0.15) is 0 Å². The monoisotopic (exact) mass is 421 g/mol. The second-order valence-electron chi connectivity index (χ2n) is 7.54. The van der Waals surface area contributed by atoms with Crippen LogP contribution in [0.3, 0.4) is 0 Å². The number of fused-ring (bicyclic) bond motifs is 1. The van der Waals surface area contributed by atoms with E-state index in [-0.39, 0.29) is 5.91 Å². The van der Waals surface area contributed by atoms with E-state index >= 15 is 0 Å². The van der Waals surface area contributed by atoms with Gasteiger partial charge in [-0.25, -0.2) is 4.98 Å². The van der Waals surface area contributed by atoms with Gasteiger partial charge in [0.25, 0.3) is 0 Å². The van der Waals surface area contributed by atoms with E-state index in [4.69, 9.17) is 14.5 Å². The van der Waals surface area contributed by atoms with E-state index in [2.05, 4.69) is 22.5 Å². The molecule has 0 aliphatic heterocycles. The molecule has 0 atom stereocenters. The van der Waals surface area contributed by atoms with Crippen LogP contribution in [0.5, 0.6) is 11.5 Å². The van der Waals surface area contributed by atoms with Gasteiger partial charge in [-0.15, -0.1) is 0 Å². The highest BCUT2D eigenvalue weighted by Gasteiger charge is 2.10. The van der Waals surface area contributed by atoms with E-state index in [9.17, 15) is 4.79 Å². The van der Waals surface area contributed by atoms with E-state index in [0.29, 0.717) is 18.7 Å². The summed E-state index contributed by atoms with van der Waals surface area (Å²) in [5.41, 5.74) is 2.70. The van der Waals surface area contributed by atoms with Gasteiger partial charge in [0.15, 0.2) is 0 Å². The fraction of sp³-hybridized carbons (Fsp3) is 0.360. The van der Waals surface area contributed by atoms with E-state index < -0.39 is 0 Å². The molecule has 0 saturated heterocycles. The fourth-order valence-electron chi connectivity index (χ4n) is 3.40. The number of carbonyl (C=O) groups is 1. The molecule has 0 aliphatic carbocycles. The number of aryl methyl sites for hydroxylation is 2. The molecule has 6 nitrogen and oxygen atoms in total. The Kier molecular flexibility index (Phi) is 8.10. The lowest BCUT2D eigenvalue weighted by Crippen LogP contribution is -2.25. The summed E-state index contributed by atoms with van der Waals surface area (Å²) in [5, 5.41) is 2.89. The highest BCUT2D eigenvalue weighted by Crippen LogP contribution is 2.19. The average molecular weight is 422 g/mol. The Morgan fingerprint density at radius 2 is 1.81 bits per heavy atom. The Hall–Kier alpha value is -3.28. The van der Waals surface area contributed by atoms with Gasteiger partial charge in [0.2, 0.25) is 5.91 Å². The number of carbonyl (C=O) groups excluding carboxylic acids is 1. The largest absolute Gasteiger partial charge is 0.497 e. The minimum atomic E-state index is -0.0923. The maximum atomic E-state index is 11.6. The van der Waals surface area contributed by atoms with Crippen LogP contribution in [0, 0.1) is 0 Å². The third-order valence-corrected chi connectivity index (χ3v) is 5.09. The number of methoxy groups -OCH3 is 1. The van der Waals surface area contributed by atoms with E-state index in [1.807, 2.05) is 42.5 Å². The third-order valence-electron chi connectivity index (χ3n) is 5.09. The van der Waals surface area contributed by atoms with Crippen LogP contribution < -0.4 is 14.8 Å². The van der Waals surface area contributed by atoms with Crippen molar-refractivity contribution in [2.24, 2.45) is 0 Å². The smallest absolute Gasteiger partial charge is 0.246 e. The first kappa shape index (κ1) is 22.4. The molecule has 1 amide bonds. The molecular formula is C25H31N3O3. The number of aromatic nitrogens is 2. The number of hydrogen-bond acceptors (Lipinski definition) is 4.